The van der Waals surface area contributed by atoms with Crippen LogP contribution in [0.5, 0.6) is 0 Å². The first kappa shape index (κ1) is 20.6. The number of rotatable bonds is 5. The van der Waals surface area contributed by atoms with E-state index in [0.717, 1.165) is 0 Å². The van der Waals surface area contributed by atoms with Crippen LogP contribution in [0.15, 0.2) is 24.3 Å². The van der Waals surface area contributed by atoms with Crippen LogP contribution in [0.3, 0.4) is 0 Å². The second-order valence-electron chi connectivity index (χ2n) is 6.77. The van der Waals surface area contributed by atoms with E-state index in [2.05, 4.69) is 10.1 Å². The third-order valence-electron chi connectivity index (χ3n) is 2.84. The van der Waals surface area contributed by atoms with Crippen LogP contribution in [0.4, 0.5) is 10.5 Å². The van der Waals surface area contributed by atoms with E-state index in [1.165, 1.54) is 0 Å². The highest BCUT2D eigenvalue weighted by Gasteiger charge is 2.24. The number of amides is 1. The Balaban J connectivity index is 2.64. The summed E-state index contributed by atoms with van der Waals surface area (Å²) in [6.07, 6.45) is -1.10. The van der Waals surface area contributed by atoms with Gasteiger partial charge in [-0.2, -0.15) is 0 Å². The van der Waals surface area contributed by atoms with Gasteiger partial charge in [0.1, 0.15) is 11.6 Å². The van der Waals surface area contributed by atoms with E-state index in [9.17, 15) is 14.4 Å². The van der Waals surface area contributed by atoms with Crippen molar-refractivity contribution in [3.63, 3.8) is 0 Å². The highest BCUT2D eigenvalue weighted by atomic mass is 16.7. The molecular weight excluding hydrogens is 326 g/mol. The van der Waals surface area contributed by atoms with Crippen molar-refractivity contribution >= 4 is 23.7 Å². The summed E-state index contributed by atoms with van der Waals surface area (Å²) in [6, 6.07) is 5.24. The number of esters is 1. The second kappa shape index (κ2) is 8.59. The lowest BCUT2D eigenvalue weighted by Crippen LogP contribution is -2.30. The van der Waals surface area contributed by atoms with Gasteiger partial charge in [-0.3, -0.25) is 4.79 Å². The number of carbonyl (C=O) groups excluding carboxylic acids is 3. The Morgan fingerprint density at radius 2 is 1.72 bits per heavy atom. The minimum atomic E-state index is -1.14. The zero-order chi connectivity index (χ0) is 19.2. The first-order valence-electron chi connectivity index (χ1n) is 7.73. The zero-order valence-corrected chi connectivity index (χ0v) is 15.2. The van der Waals surface area contributed by atoms with Gasteiger partial charge in [0.15, 0.2) is 0 Å². The molecule has 0 aliphatic carbocycles. The Morgan fingerprint density at radius 1 is 1.16 bits per heavy atom. The number of nitrogens with two attached hydrogens (primary N) is 1. The van der Waals surface area contributed by atoms with Crippen molar-refractivity contribution in [3.05, 3.63) is 29.8 Å². The molecule has 1 atom stereocenters. The first-order chi connectivity index (χ1) is 11.5. The number of anilines is 1. The van der Waals surface area contributed by atoms with Crippen molar-refractivity contribution in [3.8, 4) is 0 Å². The Hall–Kier alpha value is -2.45. The molecule has 3 N–H and O–H groups in total. The van der Waals surface area contributed by atoms with Gasteiger partial charge in [-0.1, -0.05) is 12.1 Å². The molecule has 0 aliphatic rings. The molecule has 1 unspecified atom stereocenters. The van der Waals surface area contributed by atoms with E-state index >= 15 is 0 Å². The van der Waals surface area contributed by atoms with E-state index in [1.54, 1.807) is 64.0 Å². The van der Waals surface area contributed by atoms with Crippen LogP contribution in [0.25, 0.3) is 0 Å². The normalized spacial score (nSPS) is 12.4. The minimum Gasteiger partial charge on any atom is -0.428 e. The van der Waals surface area contributed by atoms with E-state index in [0.29, 0.717) is 11.3 Å². The fourth-order valence-electron chi connectivity index (χ4n) is 1.81. The Bertz CT molecular complexity index is 620. The van der Waals surface area contributed by atoms with Crippen LogP contribution in [-0.4, -0.2) is 49.2 Å². The molecule has 0 aromatic heterocycles. The number of hydrogen-bond donors (Lipinski definition) is 2. The van der Waals surface area contributed by atoms with Crippen LogP contribution in [0.1, 0.15) is 32.4 Å². The van der Waals surface area contributed by atoms with Crippen molar-refractivity contribution in [1.82, 2.24) is 4.90 Å². The first-order valence-corrected chi connectivity index (χ1v) is 7.73. The molecule has 0 saturated heterocycles. The third kappa shape index (κ3) is 7.77. The largest absolute Gasteiger partial charge is 0.516 e. The molecule has 1 rings (SSSR count). The van der Waals surface area contributed by atoms with Crippen molar-refractivity contribution in [1.29, 1.82) is 0 Å². The number of ether oxygens (including phenoxy) is 2. The number of hydrogen-bond acceptors (Lipinski definition) is 7. The number of nitrogens with zero attached hydrogens (tertiary/aromatic N) is 1. The molecule has 25 heavy (non-hydrogen) atoms. The fourth-order valence-corrected chi connectivity index (χ4v) is 1.81. The summed E-state index contributed by atoms with van der Waals surface area (Å²) in [6.45, 7) is 5.22. The quantitative estimate of drug-likeness (QED) is 0.613. The molecule has 0 radical (unpaired) electrons. The molecule has 138 valence electrons. The van der Waals surface area contributed by atoms with Crippen molar-refractivity contribution < 1.29 is 23.9 Å². The topological polar surface area (TPSA) is 111 Å². The summed E-state index contributed by atoms with van der Waals surface area (Å²) >= 11 is 0. The van der Waals surface area contributed by atoms with Gasteiger partial charge < -0.3 is 25.4 Å². The molecule has 0 heterocycles. The van der Waals surface area contributed by atoms with Gasteiger partial charge in [0.05, 0.1) is 6.54 Å². The van der Waals surface area contributed by atoms with Crippen LogP contribution < -0.4 is 11.1 Å². The van der Waals surface area contributed by atoms with E-state index in [-0.39, 0.29) is 12.5 Å². The molecule has 1 amide bonds. The molecule has 8 nitrogen and oxygen atoms in total. The number of nitrogens with one attached hydrogen (secondary N) is 1. The Kier molecular flexibility index (Phi) is 7.08. The summed E-state index contributed by atoms with van der Waals surface area (Å²) in [7, 11) is 3.58. The predicted octanol–water partition coefficient (Wildman–Crippen LogP) is 1.66. The fraction of sp³-hybridized carbons (Fsp3) is 0.471. The van der Waals surface area contributed by atoms with Gasteiger partial charge in [0.2, 0.25) is 5.91 Å². The Labute approximate surface area is 147 Å². The van der Waals surface area contributed by atoms with E-state index < -0.39 is 23.8 Å². The van der Waals surface area contributed by atoms with Gasteiger partial charge in [0, 0.05) is 5.69 Å². The average molecular weight is 351 g/mol. The molecule has 1 aromatic rings. The third-order valence-corrected chi connectivity index (χ3v) is 2.84. The van der Waals surface area contributed by atoms with Crippen molar-refractivity contribution in [2.24, 2.45) is 5.73 Å². The van der Waals surface area contributed by atoms with Crippen molar-refractivity contribution in [2.45, 2.75) is 32.4 Å². The maximum Gasteiger partial charge on any atom is 0.516 e. The van der Waals surface area contributed by atoms with E-state index in [4.69, 9.17) is 10.5 Å². The average Bonchev–Trinajstić information content (AvgIpc) is 2.44. The number of carbonyl (C=O) groups is 3. The lowest BCUT2D eigenvalue weighted by molar-refractivity contribution is -0.143. The summed E-state index contributed by atoms with van der Waals surface area (Å²) in [5.41, 5.74) is 6.04. The highest BCUT2D eigenvalue weighted by molar-refractivity contribution is 5.92. The predicted molar refractivity (Wildman–Crippen MR) is 92.9 cm³/mol. The smallest absolute Gasteiger partial charge is 0.428 e. The lowest BCUT2D eigenvalue weighted by atomic mass is 10.1. The number of likely N-dealkylation sites (N-methyl/N-ethyl adjacent to an activating group) is 1. The second-order valence-corrected chi connectivity index (χ2v) is 6.77. The molecule has 0 spiro atoms. The van der Waals surface area contributed by atoms with Crippen LogP contribution in [0.2, 0.25) is 0 Å². The zero-order valence-electron chi connectivity index (χ0n) is 15.2. The summed E-state index contributed by atoms with van der Waals surface area (Å²) < 4.78 is 9.48. The maximum absolute atomic E-state index is 11.9. The number of benzene rings is 1. The van der Waals surface area contributed by atoms with Crippen LogP contribution in [0, 0.1) is 0 Å². The van der Waals surface area contributed by atoms with Gasteiger partial charge >= 0.3 is 12.1 Å². The lowest BCUT2D eigenvalue weighted by Gasteiger charge is -2.19. The molecule has 0 fully saturated rings. The standard InChI is InChI=1S/C17H25N3O5/c1-17(2,3)25-16(23)24-15(22)14(18)11-6-8-12(9-7-11)19-13(21)10-20(4)5/h6-9,14H,10,18H2,1-5H3,(H,19,21). The molecule has 1 aromatic carbocycles. The molecule has 0 aliphatic heterocycles. The van der Waals surface area contributed by atoms with Gasteiger partial charge in [-0.15, -0.1) is 0 Å². The molecular formula is C17H25N3O5. The van der Waals surface area contributed by atoms with E-state index in [1.807, 2.05) is 0 Å². The van der Waals surface area contributed by atoms with Crippen LogP contribution >= 0.6 is 0 Å². The minimum absolute atomic E-state index is 0.161. The SMILES string of the molecule is CN(C)CC(=O)Nc1ccc(C(N)C(=O)OC(=O)OC(C)(C)C)cc1. The summed E-state index contributed by atoms with van der Waals surface area (Å²) in [5.74, 6) is -1.08. The van der Waals surface area contributed by atoms with Gasteiger partial charge in [-0.05, 0) is 52.6 Å². The monoisotopic (exact) mass is 351 g/mol. The van der Waals surface area contributed by atoms with Crippen molar-refractivity contribution in [2.75, 3.05) is 26.0 Å². The summed E-state index contributed by atoms with van der Waals surface area (Å²) in [4.78, 5) is 36.8. The molecule has 0 saturated carbocycles. The van der Waals surface area contributed by atoms with Crippen LogP contribution in [-0.2, 0) is 19.1 Å². The van der Waals surface area contributed by atoms with Gasteiger partial charge in [0.25, 0.3) is 0 Å². The highest BCUT2D eigenvalue weighted by Crippen LogP contribution is 2.17. The maximum atomic E-state index is 11.9. The Morgan fingerprint density at radius 3 is 2.20 bits per heavy atom. The summed E-state index contributed by atoms with van der Waals surface area (Å²) in [5, 5.41) is 2.71. The molecule has 8 heteroatoms. The van der Waals surface area contributed by atoms with Gasteiger partial charge in [-0.25, -0.2) is 9.59 Å². The molecule has 0 bridgehead atoms.